The summed E-state index contributed by atoms with van der Waals surface area (Å²) in [5.41, 5.74) is 8.15. The third-order valence-corrected chi connectivity index (χ3v) is 6.38. The number of hydrogen-bond donors (Lipinski definition) is 1. The number of piperidine rings is 1. The first kappa shape index (κ1) is 21.9. The van der Waals surface area contributed by atoms with Crippen molar-refractivity contribution in [2.24, 2.45) is 0 Å². The van der Waals surface area contributed by atoms with Gasteiger partial charge in [0.15, 0.2) is 11.6 Å². The molecule has 164 valence electrons. The second-order valence-electron chi connectivity index (χ2n) is 7.87. The van der Waals surface area contributed by atoms with Crippen LogP contribution in [-0.2, 0) is 0 Å². The quantitative estimate of drug-likeness (QED) is 0.514. The lowest BCUT2D eigenvalue weighted by Gasteiger charge is -2.28. The first-order valence-electron chi connectivity index (χ1n) is 10.1. The normalized spacial score (nSPS) is 16.4. The number of hydrogen-bond acceptors (Lipinski definition) is 5. The lowest BCUT2D eigenvalue weighted by atomic mass is 10.1. The van der Waals surface area contributed by atoms with Crippen molar-refractivity contribution in [2.75, 3.05) is 25.9 Å². The highest BCUT2D eigenvalue weighted by molar-refractivity contribution is 6.36. The Kier molecular flexibility index (Phi) is 6.36. The van der Waals surface area contributed by atoms with Crippen LogP contribution < -0.4 is 10.5 Å². The van der Waals surface area contributed by atoms with Crippen molar-refractivity contribution in [3.05, 3.63) is 58.2 Å². The minimum Gasteiger partial charge on any atom is -0.482 e. The molecule has 31 heavy (non-hydrogen) atoms. The van der Waals surface area contributed by atoms with Crippen LogP contribution in [0.25, 0.3) is 11.1 Å². The van der Waals surface area contributed by atoms with E-state index in [9.17, 15) is 4.39 Å². The molecule has 1 atom stereocenters. The van der Waals surface area contributed by atoms with Crippen molar-refractivity contribution in [1.29, 1.82) is 0 Å². The van der Waals surface area contributed by atoms with E-state index in [1.54, 1.807) is 19.2 Å². The van der Waals surface area contributed by atoms with Gasteiger partial charge in [-0.2, -0.15) is 5.10 Å². The highest BCUT2D eigenvalue weighted by atomic mass is 35.5. The van der Waals surface area contributed by atoms with E-state index < -0.39 is 11.9 Å². The van der Waals surface area contributed by atoms with Crippen molar-refractivity contribution in [3.63, 3.8) is 0 Å². The van der Waals surface area contributed by atoms with Crippen LogP contribution in [-0.4, -0.2) is 39.8 Å². The molecule has 1 aliphatic rings. The van der Waals surface area contributed by atoms with E-state index in [4.69, 9.17) is 33.7 Å². The van der Waals surface area contributed by atoms with Gasteiger partial charge in [0.05, 0.1) is 17.3 Å². The van der Waals surface area contributed by atoms with Gasteiger partial charge in [-0.3, -0.25) is 4.68 Å². The van der Waals surface area contributed by atoms with E-state index in [1.807, 2.05) is 17.1 Å². The summed E-state index contributed by atoms with van der Waals surface area (Å²) in [6.45, 7) is 3.85. The van der Waals surface area contributed by atoms with Crippen LogP contribution in [0.5, 0.6) is 5.75 Å². The summed E-state index contributed by atoms with van der Waals surface area (Å²) in [7, 11) is 2.14. The van der Waals surface area contributed by atoms with Gasteiger partial charge < -0.3 is 15.4 Å². The Balaban J connectivity index is 1.56. The molecular formula is C22H24Cl2FN5O. The Hall–Kier alpha value is -2.35. The molecule has 0 aliphatic carbocycles. The average molecular weight is 464 g/mol. The van der Waals surface area contributed by atoms with Crippen LogP contribution in [0.15, 0.2) is 36.8 Å². The summed E-state index contributed by atoms with van der Waals surface area (Å²) in [4.78, 5) is 6.59. The van der Waals surface area contributed by atoms with Crippen LogP contribution in [0.1, 0.15) is 37.5 Å². The Morgan fingerprint density at radius 1 is 1.19 bits per heavy atom. The monoisotopic (exact) mass is 463 g/mol. The van der Waals surface area contributed by atoms with Crippen molar-refractivity contribution in [2.45, 2.75) is 31.9 Å². The summed E-state index contributed by atoms with van der Waals surface area (Å²) in [6, 6.07) is 4.86. The fraction of sp³-hybridized carbons (Fsp3) is 0.364. The summed E-state index contributed by atoms with van der Waals surface area (Å²) in [5, 5.41) is 4.81. The molecule has 2 aromatic heterocycles. The molecule has 0 unspecified atom stereocenters. The fourth-order valence-corrected chi connectivity index (χ4v) is 4.50. The zero-order chi connectivity index (χ0) is 22.1. The zero-order valence-corrected chi connectivity index (χ0v) is 18.9. The highest BCUT2D eigenvalue weighted by Crippen LogP contribution is 2.37. The van der Waals surface area contributed by atoms with Crippen LogP contribution >= 0.6 is 23.2 Å². The maximum absolute atomic E-state index is 13.9. The van der Waals surface area contributed by atoms with Crippen LogP contribution in [0, 0.1) is 5.82 Å². The summed E-state index contributed by atoms with van der Waals surface area (Å²) in [6.07, 6.45) is 7.04. The number of nitrogens with zero attached hydrogens (tertiary/aromatic N) is 4. The molecular weight excluding hydrogens is 440 g/mol. The third-order valence-electron chi connectivity index (χ3n) is 5.67. The molecule has 4 rings (SSSR count). The zero-order valence-electron chi connectivity index (χ0n) is 17.4. The molecule has 1 fully saturated rings. The number of aromatic nitrogens is 3. The number of ether oxygens (including phenoxy) is 1. The molecule has 9 heteroatoms. The van der Waals surface area contributed by atoms with Gasteiger partial charge in [-0.1, -0.05) is 23.2 Å². The number of pyridine rings is 1. The van der Waals surface area contributed by atoms with E-state index in [2.05, 4.69) is 22.0 Å². The number of nitrogens with two attached hydrogens (primary N) is 1. The van der Waals surface area contributed by atoms with Gasteiger partial charge in [0.2, 0.25) is 0 Å². The molecule has 1 saturated heterocycles. The molecule has 1 aromatic carbocycles. The van der Waals surface area contributed by atoms with Crippen molar-refractivity contribution < 1.29 is 9.13 Å². The van der Waals surface area contributed by atoms with Gasteiger partial charge in [-0.25, -0.2) is 9.37 Å². The first-order chi connectivity index (χ1) is 14.8. The third kappa shape index (κ3) is 4.63. The Morgan fingerprint density at radius 2 is 1.94 bits per heavy atom. The lowest BCUT2D eigenvalue weighted by molar-refractivity contribution is 0.212. The summed E-state index contributed by atoms with van der Waals surface area (Å²) >= 11 is 12.3. The molecule has 6 nitrogen and oxygen atoms in total. The van der Waals surface area contributed by atoms with Gasteiger partial charge in [0, 0.05) is 34.1 Å². The minimum atomic E-state index is -0.628. The Morgan fingerprint density at radius 3 is 2.68 bits per heavy atom. The number of nitrogen functional groups attached to an aromatic ring is 1. The predicted molar refractivity (Wildman–Crippen MR) is 121 cm³/mol. The van der Waals surface area contributed by atoms with Crippen LogP contribution in [0.4, 0.5) is 10.2 Å². The van der Waals surface area contributed by atoms with E-state index in [-0.39, 0.29) is 10.8 Å². The second-order valence-corrected chi connectivity index (χ2v) is 8.65. The van der Waals surface area contributed by atoms with Gasteiger partial charge in [0.25, 0.3) is 0 Å². The maximum atomic E-state index is 13.9. The van der Waals surface area contributed by atoms with Gasteiger partial charge in [-0.05, 0) is 58.1 Å². The summed E-state index contributed by atoms with van der Waals surface area (Å²) in [5.74, 6) is 0.0353. The van der Waals surface area contributed by atoms with Crippen LogP contribution in [0.3, 0.4) is 0 Å². The summed E-state index contributed by atoms with van der Waals surface area (Å²) < 4.78 is 21.9. The number of halogens is 3. The van der Waals surface area contributed by atoms with E-state index in [0.29, 0.717) is 22.4 Å². The van der Waals surface area contributed by atoms with Crippen LogP contribution in [0.2, 0.25) is 10.0 Å². The van der Waals surface area contributed by atoms with Gasteiger partial charge >= 0.3 is 0 Å². The van der Waals surface area contributed by atoms with Gasteiger partial charge in [-0.15, -0.1) is 0 Å². The average Bonchev–Trinajstić information content (AvgIpc) is 3.23. The predicted octanol–water partition coefficient (Wildman–Crippen LogP) is 5.38. The smallest absolute Gasteiger partial charge is 0.166 e. The SMILES string of the molecule is C[C@H](Oc1cc(-c2cnn(C3CCN(C)CC3)c2)cnc1N)c1c(Cl)ccc(F)c1Cl. The number of anilines is 1. The van der Waals surface area contributed by atoms with E-state index in [0.717, 1.165) is 37.1 Å². The van der Waals surface area contributed by atoms with Gasteiger partial charge in [0.1, 0.15) is 11.9 Å². The molecule has 2 N–H and O–H groups in total. The molecule has 3 aromatic rings. The topological polar surface area (TPSA) is 69.2 Å². The Labute approximate surface area is 190 Å². The largest absolute Gasteiger partial charge is 0.482 e. The molecule has 0 spiro atoms. The first-order valence-corrected chi connectivity index (χ1v) is 10.9. The van der Waals surface area contributed by atoms with Crippen molar-refractivity contribution in [1.82, 2.24) is 19.7 Å². The molecule has 0 saturated carbocycles. The molecule has 1 aliphatic heterocycles. The minimum absolute atomic E-state index is 0.0675. The Bertz CT molecular complexity index is 1080. The maximum Gasteiger partial charge on any atom is 0.166 e. The second kappa shape index (κ2) is 9.02. The van der Waals surface area contributed by atoms with Crippen molar-refractivity contribution in [3.8, 4) is 16.9 Å². The molecule has 0 bridgehead atoms. The molecule has 0 radical (unpaired) electrons. The molecule has 3 heterocycles. The number of benzene rings is 1. The van der Waals surface area contributed by atoms with Crippen molar-refractivity contribution >= 4 is 29.0 Å². The lowest BCUT2D eigenvalue weighted by Crippen LogP contribution is -2.31. The van der Waals surface area contributed by atoms with E-state index >= 15 is 0 Å². The molecule has 0 amide bonds. The highest BCUT2D eigenvalue weighted by Gasteiger charge is 2.21. The number of likely N-dealkylation sites (tertiary alicyclic amines) is 1. The standard InChI is InChI=1S/C22H24Cl2FN5O/c1-13(20-17(23)3-4-18(25)21(20)24)31-19-9-14(10-27-22(19)26)15-11-28-30(12-15)16-5-7-29(2)8-6-16/h3-4,9-13,16H,5-8H2,1-2H3,(H2,26,27)/t13-/m0/s1. The van der Waals surface area contributed by atoms with E-state index in [1.165, 1.54) is 12.1 Å². The number of rotatable bonds is 5. The fourth-order valence-electron chi connectivity index (χ4n) is 3.82.